The number of sulfonamides is 1. The van der Waals surface area contributed by atoms with Crippen molar-refractivity contribution in [2.45, 2.75) is 43.8 Å². The quantitative estimate of drug-likeness (QED) is 0.720. The third-order valence-corrected chi connectivity index (χ3v) is 5.50. The van der Waals surface area contributed by atoms with Crippen molar-refractivity contribution in [1.29, 1.82) is 0 Å². The van der Waals surface area contributed by atoms with Crippen LogP contribution < -0.4 is 10.0 Å². The van der Waals surface area contributed by atoms with Crippen molar-refractivity contribution in [3.05, 3.63) is 34.0 Å². The molecule has 1 fully saturated rings. The standard InChI is InChI=1S/C13H18N4O2S2/c1-9-17-12(8-20-9)6-16-21(18,19)13-4-11(15-7-13)5-14-10-2-3-10/h4,7-8,10,14-16H,2-3,5-6H2,1H3. The van der Waals surface area contributed by atoms with Crippen LogP contribution in [0.1, 0.15) is 29.2 Å². The summed E-state index contributed by atoms with van der Waals surface area (Å²) in [5.74, 6) is 0. The first-order valence-electron chi connectivity index (χ1n) is 6.84. The van der Waals surface area contributed by atoms with Gasteiger partial charge in [-0.2, -0.15) is 0 Å². The second kappa shape index (κ2) is 5.88. The summed E-state index contributed by atoms with van der Waals surface area (Å²) in [7, 11) is -3.50. The molecule has 0 atom stereocenters. The summed E-state index contributed by atoms with van der Waals surface area (Å²) in [4.78, 5) is 7.51. The summed E-state index contributed by atoms with van der Waals surface area (Å²) in [6.07, 6.45) is 3.94. The van der Waals surface area contributed by atoms with Crippen LogP contribution in [0.4, 0.5) is 0 Å². The van der Waals surface area contributed by atoms with Crippen molar-refractivity contribution >= 4 is 21.4 Å². The highest BCUT2D eigenvalue weighted by Crippen LogP contribution is 2.19. The maximum absolute atomic E-state index is 12.2. The van der Waals surface area contributed by atoms with Crippen LogP contribution >= 0.6 is 11.3 Å². The normalized spacial score (nSPS) is 15.5. The van der Waals surface area contributed by atoms with Gasteiger partial charge in [-0.25, -0.2) is 18.1 Å². The average Bonchev–Trinajstić information content (AvgIpc) is 2.97. The van der Waals surface area contributed by atoms with E-state index < -0.39 is 10.0 Å². The van der Waals surface area contributed by atoms with E-state index in [-0.39, 0.29) is 11.4 Å². The molecule has 1 saturated carbocycles. The molecule has 8 heteroatoms. The summed E-state index contributed by atoms with van der Waals surface area (Å²) in [6.45, 7) is 2.78. The zero-order valence-corrected chi connectivity index (χ0v) is 13.4. The van der Waals surface area contributed by atoms with Gasteiger partial charge in [0.05, 0.1) is 22.1 Å². The van der Waals surface area contributed by atoms with Crippen molar-refractivity contribution in [3.63, 3.8) is 0 Å². The second-order valence-corrected chi connectivity index (χ2v) is 8.03. The zero-order chi connectivity index (χ0) is 14.9. The third-order valence-electron chi connectivity index (χ3n) is 3.30. The van der Waals surface area contributed by atoms with Gasteiger partial charge in [0.1, 0.15) is 0 Å². The Labute approximate surface area is 128 Å². The third kappa shape index (κ3) is 3.91. The van der Waals surface area contributed by atoms with Crippen molar-refractivity contribution in [2.24, 2.45) is 0 Å². The molecule has 0 unspecified atom stereocenters. The molecule has 2 heterocycles. The second-order valence-electron chi connectivity index (χ2n) is 5.20. The van der Waals surface area contributed by atoms with E-state index in [9.17, 15) is 8.42 Å². The van der Waals surface area contributed by atoms with Gasteiger partial charge in [-0.15, -0.1) is 11.3 Å². The molecule has 2 aromatic heterocycles. The fourth-order valence-electron chi connectivity index (χ4n) is 1.96. The minimum absolute atomic E-state index is 0.216. The minimum Gasteiger partial charge on any atom is -0.363 e. The molecule has 21 heavy (non-hydrogen) atoms. The summed E-state index contributed by atoms with van der Waals surface area (Å²) in [5, 5.41) is 6.13. The maximum atomic E-state index is 12.2. The fraction of sp³-hybridized carbons (Fsp3) is 0.462. The first kappa shape index (κ1) is 14.7. The maximum Gasteiger partial charge on any atom is 0.242 e. The smallest absolute Gasteiger partial charge is 0.242 e. The number of rotatable bonds is 7. The van der Waals surface area contributed by atoms with Crippen LogP contribution in [0.2, 0.25) is 0 Å². The molecule has 0 saturated heterocycles. The van der Waals surface area contributed by atoms with Crippen LogP contribution in [-0.4, -0.2) is 24.4 Å². The van der Waals surface area contributed by atoms with Crippen molar-refractivity contribution in [1.82, 2.24) is 20.0 Å². The van der Waals surface area contributed by atoms with Gasteiger partial charge in [-0.05, 0) is 25.8 Å². The van der Waals surface area contributed by atoms with Gasteiger partial charge < -0.3 is 10.3 Å². The van der Waals surface area contributed by atoms with E-state index in [2.05, 4.69) is 20.0 Å². The Hall–Kier alpha value is -1.22. The summed E-state index contributed by atoms with van der Waals surface area (Å²) < 4.78 is 27.0. The van der Waals surface area contributed by atoms with Crippen LogP contribution in [0.25, 0.3) is 0 Å². The van der Waals surface area contributed by atoms with Gasteiger partial charge in [0.15, 0.2) is 0 Å². The molecule has 0 spiro atoms. The predicted octanol–water partition coefficient (Wildman–Crippen LogP) is 1.51. The number of aromatic nitrogens is 2. The first-order valence-corrected chi connectivity index (χ1v) is 9.20. The molecular weight excluding hydrogens is 308 g/mol. The highest BCUT2D eigenvalue weighted by Gasteiger charge is 2.21. The van der Waals surface area contributed by atoms with E-state index in [4.69, 9.17) is 0 Å². The number of nitrogens with zero attached hydrogens (tertiary/aromatic N) is 1. The molecule has 114 valence electrons. The number of thiazole rings is 1. The number of hydrogen-bond acceptors (Lipinski definition) is 5. The lowest BCUT2D eigenvalue weighted by molar-refractivity contribution is 0.580. The molecule has 0 bridgehead atoms. The Balaban J connectivity index is 1.60. The molecule has 3 N–H and O–H groups in total. The van der Waals surface area contributed by atoms with E-state index in [1.54, 1.807) is 6.07 Å². The van der Waals surface area contributed by atoms with Crippen LogP contribution in [0.15, 0.2) is 22.5 Å². The molecule has 0 radical (unpaired) electrons. The predicted molar refractivity (Wildman–Crippen MR) is 81.5 cm³/mol. The van der Waals surface area contributed by atoms with Crippen LogP contribution in [0, 0.1) is 6.92 Å². The lowest BCUT2D eigenvalue weighted by atomic mass is 10.4. The van der Waals surface area contributed by atoms with E-state index in [0.29, 0.717) is 12.6 Å². The number of aryl methyl sites for hydroxylation is 1. The average molecular weight is 326 g/mol. The monoisotopic (exact) mass is 326 g/mol. The molecule has 0 aliphatic heterocycles. The molecular formula is C13H18N4O2S2. The largest absolute Gasteiger partial charge is 0.363 e. The molecule has 1 aliphatic rings. The van der Waals surface area contributed by atoms with Crippen LogP contribution in [0.3, 0.4) is 0 Å². The zero-order valence-electron chi connectivity index (χ0n) is 11.7. The van der Waals surface area contributed by atoms with E-state index in [0.717, 1.165) is 16.4 Å². The lowest BCUT2D eigenvalue weighted by Crippen LogP contribution is -2.23. The Morgan fingerprint density at radius 2 is 2.24 bits per heavy atom. The molecule has 1 aliphatic carbocycles. The van der Waals surface area contributed by atoms with Gasteiger partial charge in [0.25, 0.3) is 0 Å². The van der Waals surface area contributed by atoms with E-state index in [1.807, 2.05) is 12.3 Å². The summed E-state index contributed by atoms with van der Waals surface area (Å²) in [5.41, 5.74) is 1.62. The number of H-pyrrole nitrogens is 1. The molecule has 3 rings (SSSR count). The van der Waals surface area contributed by atoms with Gasteiger partial charge in [0, 0.05) is 29.9 Å². The Kier molecular flexibility index (Phi) is 4.12. The van der Waals surface area contributed by atoms with Crippen LogP contribution in [0.5, 0.6) is 0 Å². The molecule has 0 aromatic carbocycles. The van der Waals surface area contributed by atoms with E-state index >= 15 is 0 Å². The molecule has 6 nitrogen and oxygen atoms in total. The van der Waals surface area contributed by atoms with Crippen LogP contribution in [-0.2, 0) is 23.1 Å². The number of aromatic amines is 1. The Bertz CT molecular complexity index is 716. The van der Waals surface area contributed by atoms with Gasteiger partial charge in [0.2, 0.25) is 10.0 Å². The fourth-order valence-corrected chi connectivity index (χ4v) is 3.59. The van der Waals surface area contributed by atoms with Gasteiger partial charge >= 0.3 is 0 Å². The van der Waals surface area contributed by atoms with Crippen molar-refractivity contribution in [3.8, 4) is 0 Å². The Morgan fingerprint density at radius 3 is 2.90 bits per heavy atom. The summed E-state index contributed by atoms with van der Waals surface area (Å²) in [6, 6.07) is 2.27. The summed E-state index contributed by atoms with van der Waals surface area (Å²) >= 11 is 1.51. The minimum atomic E-state index is -3.50. The van der Waals surface area contributed by atoms with Crippen molar-refractivity contribution < 1.29 is 8.42 Å². The van der Waals surface area contributed by atoms with Gasteiger partial charge in [-0.3, -0.25) is 0 Å². The molecule has 2 aromatic rings. The Morgan fingerprint density at radius 1 is 1.43 bits per heavy atom. The lowest BCUT2D eigenvalue weighted by Gasteiger charge is -2.02. The van der Waals surface area contributed by atoms with E-state index in [1.165, 1.54) is 30.4 Å². The highest BCUT2D eigenvalue weighted by molar-refractivity contribution is 7.89. The molecule has 0 amide bonds. The topological polar surface area (TPSA) is 86.9 Å². The highest BCUT2D eigenvalue weighted by atomic mass is 32.2. The first-order chi connectivity index (χ1) is 10.0. The number of hydrogen-bond donors (Lipinski definition) is 3. The van der Waals surface area contributed by atoms with Crippen molar-refractivity contribution in [2.75, 3.05) is 0 Å². The SMILES string of the molecule is Cc1nc(CNS(=O)(=O)c2c[nH]c(CNC3CC3)c2)cs1. The van der Waals surface area contributed by atoms with Gasteiger partial charge in [-0.1, -0.05) is 0 Å². The number of nitrogens with one attached hydrogen (secondary N) is 3.